The van der Waals surface area contributed by atoms with Gasteiger partial charge in [-0.25, -0.2) is 0 Å². The van der Waals surface area contributed by atoms with E-state index >= 15 is 0 Å². The number of carbonyl (C=O) groups is 1. The number of esters is 1. The molecule has 0 aromatic carbocycles. The fraction of sp³-hybridized carbons (Fsp3) is 0.880. The van der Waals surface area contributed by atoms with Crippen LogP contribution in [0.3, 0.4) is 0 Å². The van der Waals surface area contributed by atoms with Crippen LogP contribution in [0.4, 0.5) is 0 Å². The van der Waals surface area contributed by atoms with E-state index in [4.69, 9.17) is 18.9 Å². The summed E-state index contributed by atoms with van der Waals surface area (Å²) in [5.41, 5.74) is 0. The Morgan fingerprint density at radius 2 is 1.84 bits per heavy atom. The Labute approximate surface area is 187 Å². The lowest BCUT2D eigenvalue weighted by Gasteiger charge is -2.39. The summed E-state index contributed by atoms with van der Waals surface area (Å²) >= 11 is 0. The first-order valence-electron chi connectivity index (χ1n) is 12.2. The number of rotatable bonds is 4. The lowest BCUT2D eigenvalue weighted by Crippen LogP contribution is -2.42. The number of carbonyl (C=O) groups excluding carboxylic acids is 1. The van der Waals surface area contributed by atoms with E-state index in [2.05, 4.69) is 26.8 Å². The fourth-order valence-electron chi connectivity index (χ4n) is 5.09. The monoisotopic (exact) mass is 438 g/mol. The van der Waals surface area contributed by atoms with Gasteiger partial charge in [0.25, 0.3) is 0 Å². The number of aliphatic hydroxyl groups is 1. The van der Waals surface area contributed by atoms with Crippen LogP contribution in [-0.2, 0) is 23.7 Å². The Balaban J connectivity index is 1.78. The van der Waals surface area contributed by atoms with Crippen molar-refractivity contribution in [2.45, 2.75) is 121 Å². The summed E-state index contributed by atoms with van der Waals surface area (Å²) in [6.07, 6.45) is 9.64. The van der Waals surface area contributed by atoms with Gasteiger partial charge in [-0.15, -0.1) is 0 Å². The van der Waals surface area contributed by atoms with Gasteiger partial charge in [0.15, 0.2) is 0 Å². The number of fused-ring (bicyclic) bond motifs is 4. The molecule has 4 bridgehead atoms. The number of hydrogen-bond acceptors (Lipinski definition) is 6. The molecule has 0 aliphatic carbocycles. The largest absolute Gasteiger partial charge is 0.458 e. The first-order chi connectivity index (χ1) is 14.8. The minimum absolute atomic E-state index is 0.0128. The summed E-state index contributed by atoms with van der Waals surface area (Å²) in [5, 5.41) is 10.4. The summed E-state index contributed by atoms with van der Waals surface area (Å²) in [5.74, 6) is 0.754. The van der Waals surface area contributed by atoms with Crippen molar-refractivity contribution in [2.24, 2.45) is 11.8 Å². The fourth-order valence-corrected chi connectivity index (χ4v) is 5.09. The van der Waals surface area contributed by atoms with E-state index in [9.17, 15) is 9.90 Å². The molecule has 31 heavy (non-hydrogen) atoms. The highest BCUT2D eigenvalue weighted by Crippen LogP contribution is 2.33. The maximum Gasteiger partial charge on any atom is 0.309 e. The third kappa shape index (κ3) is 7.85. The quantitative estimate of drug-likeness (QED) is 0.524. The Kier molecular flexibility index (Phi) is 9.38. The number of hydrogen-bond donors (Lipinski definition) is 1. The molecule has 1 N–H and O–H groups in total. The number of cyclic esters (lactones) is 1. The molecule has 0 aromatic rings. The van der Waals surface area contributed by atoms with Crippen molar-refractivity contribution < 1.29 is 28.8 Å². The number of allylic oxidation sites excluding steroid dienone is 1. The number of aliphatic hydroxyl groups excluding tert-OH is 1. The molecule has 6 heteroatoms. The molecule has 0 amide bonds. The zero-order valence-corrected chi connectivity index (χ0v) is 19.7. The normalized spacial score (nSPS) is 40.5. The molecule has 3 aliphatic heterocycles. The zero-order chi connectivity index (χ0) is 22.4. The van der Waals surface area contributed by atoms with Crippen molar-refractivity contribution in [1.29, 1.82) is 0 Å². The molecule has 3 heterocycles. The van der Waals surface area contributed by atoms with Gasteiger partial charge in [0.2, 0.25) is 0 Å². The molecule has 0 saturated carbocycles. The van der Waals surface area contributed by atoms with Crippen LogP contribution in [0.15, 0.2) is 12.2 Å². The molecule has 3 aliphatic rings. The highest BCUT2D eigenvalue weighted by molar-refractivity contribution is 5.70. The summed E-state index contributed by atoms with van der Waals surface area (Å²) in [4.78, 5) is 12.7. The second-order valence-electron chi connectivity index (χ2n) is 10.2. The predicted molar refractivity (Wildman–Crippen MR) is 119 cm³/mol. The standard InChI is InChI=1S/C25H42O6/c1-16(2)6-5-7-19-12-20-9-8-17(3)24(30-20)14-21(28-4)13-22-10-18(26)11-23(29-22)15-25(27)31-19/h5,7,16-24,26H,6,8-15H2,1-4H3/t17-,18-,19-,20-,21-,22-,23?,24+/m0/s1. The molecular formula is C25H42O6. The Morgan fingerprint density at radius 3 is 2.58 bits per heavy atom. The van der Waals surface area contributed by atoms with Crippen molar-refractivity contribution in [2.75, 3.05) is 7.11 Å². The smallest absolute Gasteiger partial charge is 0.309 e. The van der Waals surface area contributed by atoms with Crippen LogP contribution in [-0.4, -0.2) is 60.9 Å². The predicted octanol–water partition coefficient (Wildman–Crippen LogP) is 4.18. The van der Waals surface area contributed by atoms with E-state index in [1.54, 1.807) is 7.11 Å². The van der Waals surface area contributed by atoms with Crippen molar-refractivity contribution in [3.63, 3.8) is 0 Å². The van der Waals surface area contributed by atoms with Gasteiger partial charge >= 0.3 is 5.97 Å². The maximum atomic E-state index is 12.7. The lowest BCUT2D eigenvalue weighted by molar-refractivity contribution is -0.165. The van der Waals surface area contributed by atoms with Crippen molar-refractivity contribution in [3.8, 4) is 0 Å². The summed E-state index contributed by atoms with van der Waals surface area (Å²) in [7, 11) is 1.74. The van der Waals surface area contributed by atoms with Crippen LogP contribution in [0, 0.1) is 11.8 Å². The van der Waals surface area contributed by atoms with Crippen molar-refractivity contribution >= 4 is 5.97 Å². The first kappa shape index (κ1) is 24.7. The van der Waals surface area contributed by atoms with Crippen LogP contribution < -0.4 is 0 Å². The Hall–Kier alpha value is -0.950. The highest BCUT2D eigenvalue weighted by Gasteiger charge is 2.36. The van der Waals surface area contributed by atoms with Crippen LogP contribution in [0.2, 0.25) is 0 Å². The third-order valence-electron chi connectivity index (χ3n) is 6.89. The van der Waals surface area contributed by atoms with Gasteiger partial charge in [-0.2, -0.15) is 0 Å². The van der Waals surface area contributed by atoms with Gasteiger partial charge in [-0.05, 0) is 50.0 Å². The molecule has 8 atom stereocenters. The first-order valence-corrected chi connectivity index (χ1v) is 12.2. The molecule has 3 fully saturated rings. The van der Waals surface area contributed by atoms with Crippen molar-refractivity contribution in [1.82, 2.24) is 0 Å². The molecule has 6 nitrogen and oxygen atoms in total. The lowest BCUT2D eigenvalue weighted by atomic mass is 9.87. The minimum Gasteiger partial charge on any atom is -0.458 e. The van der Waals surface area contributed by atoms with E-state index < -0.39 is 6.10 Å². The molecule has 3 rings (SSSR count). The highest BCUT2D eigenvalue weighted by atomic mass is 16.6. The van der Waals surface area contributed by atoms with E-state index in [0.717, 1.165) is 25.7 Å². The van der Waals surface area contributed by atoms with E-state index in [0.29, 0.717) is 37.5 Å². The molecule has 3 saturated heterocycles. The van der Waals surface area contributed by atoms with Crippen molar-refractivity contribution in [3.05, 3.63) is 12.2 Å². The van der Waals surface area contributed by atoms with E-state index in [-0.39, 0.29) is 49.0 Å². The topological polar surface area (TPSA) is 74.2 Å². The zero-order valence-electron chi connectivity index (χ0n) is 19.7. The molecule has 0 aromatic heterocycles. The molecule has 178 valence electrons. The summed E-state index contributed by atoms with van der Waals surface area (Å²) in [6, 6.07) is 0. The number of methoxy groups -OCH3 is 1. The van der Waals surface area contributed by atoms with Gasteiger partial charge < -0.3 is 24.1 Å². The van der Waals surface area contributed by atoms with Gasteiger partial charge in [-0.1, -0.05) is 26.8 Å². The SMILES string of the molecule is CO[C@H]1C[C@@H]2C[C@H](O)CC(CC(=O)O[C@@H](C=CCC(C)C)C[C@@H]3CC[C@H](C)[C@@H](C1)O3)O2. The average molecular weight is 439 g/mol. The van der Waals surface area contributed by atoms with E-state index in [1.165, 1.54) is 0 Å². The van der Waals surface area contributed by atoms with Crippen LogP contribution in [0.1, 0.15) is 78.6 Å². The van der Waals surface area contributed by atoms with Crippen LogP contribution in [0.25, 0.3) is 0 Å². The average Bonchev–Trinajstić information content (AvgIpc) is 2.68. The second-order valence-corrected chi connectivity index (χ2v) is 10.2. The number of ether oxygens (including phenoxy) is 4. The van der Waals surface area contributed by atoms with Crippen LogP contribution in [0.5, 0.6) is 0 Å². The van der Waals surface area contributed by atoms with E-state index in [1.807, 2.05) is 6.08 Å². The molecule has 0 radical (unpaired) electrons. The van der Waals surface area contributed by atoms with Crippen LogP contribution >= 0.6 is 0 Å². The molecule has 1 unspecified atom stereocenters. The molecule has 0 spiro atoms. The Morgan fingerprint density at radius 1 is 1.06 bits per heavy atom. The minimum atomic E-state index is -0.460. The third-order valence-corrected chi connectivity index (χ3v) is 6.89. The maximum absolute atomic E-state index is 12.7. The summed E-state index contributed by atoms with van der Waals surface area (Å²) < 4.78 is 24.3. The van der Waals surface area contributed by atoms with Gasteiger partial charge in [0.05, 0.1) is 43.0 Å². The Bertz CT molecular complexity index is 591. The van der Waals surface area contributed by atoms with Gasteiger partial charge in [0, 0.05) is 26.4 Å². The van der Waals surface area contributed by atoms with Gasteiger partial charge in [-0.3, -0.25) is 4.79 Å². The van der Waals surface area contributed by atoms with Gasteiger partial charge in [0.1, 0.15) is 6.10 Å². The summed E-state index contributed by atoms with van der Waals surface area (Å²) in [6.45, 7) is 6.59. The molecular weight excluding hydrogens is 396 g/mol. The second kappa shape index (κ2) is 11.8.